The average molecular weight is 439 g/mol. The number of rotatable bonds is 8. The summed E-state index contributed by atoms with van der Waals surface area (Å²) >= 11 is 0. The Morgan fingerprint density at radius 2 is 1.73 bits per heavy atom. The van der Waals surface area contributed by atoms with Crippen LogP contribution in [0.15, 0.2) is 84.2 Å². The Labute approximate surface area is 195 Å². The monoisotopic (exact) mass is 438 g/mol. The minimum atomic E-state index is -0.243. The number of hydrazone groups is 1. The van der Waals surface area contributed by atoms with Crippen molar-refractivity contribution >= 4 is 12.1 Å². The van der Waals surface area contributed by atoms with Crippen LogP contribution < -0.4 is 5.43 Å². The van der Waals surface area contributed by atoms with Gasteiger partial charge in [-0.2, -0.15) is 5.10 Å². The Morgan fingerprint density at radius 3 is 2.45 bits per heavy atom. The van der Waals surface area contributed by atoms with Gasteiger partial charge in [-0.3, -0.25) is 4.79 Å². The minimum Gasteiger partial charge on any atom is -0.323 e. The molecule has 168 valence electrons. The van der Waals surface area contributed by atoms with Crippen molar-refractivity contribution in [3.8, 4) is 11.4 Å². The summed E-state index contributed by atoms with van der Waals surface area (Å²) < 4.78 is 4.13. The van der Waals surface area contributed by atoms with Crippen molar-refractivity contribution in [2.24, 2.45) is 5.10 Å². The van der Waals surface area contributed by atoms with E-state index in [1.807, 2.05) is 47.3 Å². The number of hydrogen-bond acceptors (Lipinski definition) is 2. The number of nitrogens with zero attached hydrogens (tertiary/aromatic N) is 3. The van der Waals surface area contributed by atoms with E-state index in [1.54, 1.807) is 12.3 Å². The molecular weight excluding hydrogens is 408 g/mol. The van der Waals surface area contributed by atoms with Crippen LogP contribution >= 0.6 is 0 Å². The lowest BCUT2D eigenvalue weighted by atomic mass is 10.1. The van der Waals surface area contributed by atoms with Crippen LogP contribution in [0.25, 0.3) is 11.4 Å². The van der Waals surface area contributed by atoms with Crippen LogP contribution in [0.3, 0.4) is 0 Å². The molecule has 0 saturated heterocycles. The van der Waals surface area contributed by atoms with E-state index in [1.165, 1.54) is 18.4 Å². The molecule has 2 aromatic carbocycles. The highest BCUT2D eigenvalue weighted by molar-refractivity contribution is 5.98. The third-order valence-electron chi connectivity index (χ3n) is 5.88. The predicted molar refractivity (Wildman–Crippen MR) is 135 cm³/mol. The molecular formula is C28H30N4O. The van der Waals surface area contributed by atoms with Crippen LogP contribution in [0.1, 0.15) is 52.6 Å². The van der Waals surface area contributed by atoms with Crippen LogP contribution in [-0.4, -0.2) is 21.3 Å². The van der Waals surface area contributed by atoms with Crippen molar-refractivity contribution in [3.63, 3.8) is 0 Å². The molecule has 0 aliphatic carbocycles. The van der Waals surface area contributed by atoms with Crippen molar-refractivity contribution in [2.45, 2.75) is 40.0 Å². The second-order valence-corrected chi connectivity index (χ2v) is 8.24. The van der Waals surface area contributed by atoms with Gasteiger partial charge in [0.25, 0.3) is 5.91 Å². The van der Waals surface area contributed by atoms with Gasteiger partial charge >= 0.3 is 0 Å². The fraction of sp³-hybridized carbons (Fsp3) is 0.214. The first kappa shape index (κ1) is 22.3. The molecule has 0 aliphatic rings. The summed E-state index contributed by atoms with van der Waals surface area (Å²) in [6.45, 7) is 6.37. The fourth-order valence-electron chi connectivity index (χ4n) is 4.11. The molecule has 1 N–H and O–H groups in total. The summed E-state index contributed by atoms with van der Waals surface area (Å²) in [5.74, 6) is -0.243. The third kappa shape index (κ3) is 4.98. The zero-order valence-electron chi connectivity index (χ0n) is 19.5. The van der Waals surface area contributed by atoms with E-state index in [0.717, 1.165) is 34.7 Å². The molecule has 0 aliphatic heterocycles. The summed E-state index contributed by atoms with van der Waals surface area (Å²) in [4.78, 5) is 12.8. The van der Waals surface area contributed by atoms with Gasteiger partial charge in [-0.15, -0.1) is 0 Å². The molecule has 0 bridgehead atoms. The molecule has 0 saturated carbocycles. The summed E-state index contributed by atoms with van der Waals surface area (Å²) in [5, 5.41) is 4.25. The molecule has 0 radical (unpaired) electrons. The van der Waals surface area contributed by atoms with E-state index < -0.39 is 0 Å². The van der Waals surface area contributed by atoms with E-state index >= 15 is 0 Å². The zero-order chi connectivity index (χ0) is 23.2. The fourth-order valence-corrected chi connectivity index (χ4v) is 4.11. The molecule has 2 heterocycles. The number of aromatic nitrogens is 2. The number of amides is 1. The van der Waals surface area contributed by atoms with E-state index in [2.05, 4.69) is 66.2 Å². The highest BCUT2D eigenvalue weighted by atomic mass is 16.2. The van der Waals surface area contributed by atoms with Crippen LogP contribution in [0.2, 0.25) is 0 Å². The Morgan fingerprint density at radius 1 is 1.00 bits per heavy atom. The number of carbonyl (C=O) groups is 1. The predicted octanol–water partition coefficient (Wildman–Crippen LogP) is 5.99. The molecule has 0 atom stereocenters. The van der Waals surface area contributed by atoms with Gasteiger partial charge in [0.2, 0.25) is 0 Å². The maximum absolute atomic E-state index is 12.8. The Bertz CT molecular complexity index is 1250. The van der Waals surface area contributed by atoms with E-state index in [4.69, 9.17) is 0 Å². The Balaban J connectivity index is 1.50. The smallest absolute Gasteiger partial charge is 0.273 e. The van der Waals surface area contributed by atoms with Gasteiger partial charge in [0, 0.05) is 35.0 Å². The van der Waals surface area contributed by atoms with Gasteiger partial charge in [0.15, 0.2) is 0 Å². The SMILES string of the molecule is CCCCc1ccc(-n2c(C)cc(C=NNC(=O)c3ccccc3-n3cccc3)c2C)cc1. The Kier molecular flexibility index (Phi) is 6.89. The van der Waals surface area contributed by atoms with Crippen molar-refractivity contribution in [3.05, 3.63) is 107 Å². The first-order valence-electron chi connectivity index (χ1n) is 11.4. The van der Waals surface area contributed by atoms with Gasteiger partial charge < -0.3 is 9.13 Å². The zero-order valence-corrected chi connectivity index (χ0v) is 19.5. The Hall–Kier alpha value is -3.86. The highest BCUT2D eigenvalue weighted by Gasteiger charge is 2.12. The van der Waals surface area contributed by atoms with E-state index in [0.29, 0.717) is 5.56 Å². The quantitative estimate of drug-likeness (QED) is 0.267. The lowest BCUT2D eigenvalue weighted by Gasteiger charge is -2.11. The lowest BCUT2D eigenvalue weighted by Crippen LogP contribution is -2.19. The normalized spacial score (nSPS) is 11.2. The molecule has 33 heavy (non-hydrogen) atoms. The summed E-state index contributed by atoms with van der Waals surface area (Å²) in [6.07, 6.45) is 9.08. The molecule has 5 heteroatoms. The maximum atomic E-state index is 12.8. The van der Waals surface area contributed by atoms with Crippen molar-refractivity contribution in [1.82, 2.24) is 14.6 Å². The first-order valence-corrected chi connectivity index (χ1v) is 11.4. The van der Waals surface area contributed by atoms with Gasteiger partial charge in [0.1, 0.15) is 0 Å². The lowest BCUT2D eigenvalue weighted by molar-refractivity contribution is 0.0955. The topological polar surface area (TPSA) is 51.3 Å². The van der Waals surface area contributed by atoms with E-state index in [-0.39, 0.29) is 5.91 Å². The van der Waals surface area contributed by atoms with E-state index in [9.17, 15) is 4.79 Å². The van der Waals surface area contributed by atoms with Crippen molar-refractivity contribution in [2.75, 3.05) is 0 Å². The molecule has 0 spiro atoms. The first-order chi connectivity index (χ1) is 16.1. The maximum Gasteiger partial charge on any atom is 0.273 e. The molecule has 0 unspecified atom stereocenters. The van der Waals surface area contributed by atoms with Crippen LogP contribution in [0, 0.1) is 13.8 Å². The minimum absolute atomic E-state index is 0.243. The summed E-state index contributed by atoms with van der Waals surface area (Å²) in [7, 11) is 0. The molecule has 0 fully saturated rings. The standard InChI is InChI=1S/C28H30N4O/c1-4-5-10-23-13-15-25(16-14-23)32-21(2)19-24(22(32)3)20-29-30-28(33)26-11-6-7-12-27(26)31-17-8-9-18-31/h6-9,11-20H,4-5,10H2,1-3H3,(H,30,33). The summed E-state index contributed by atoms with van der Waals surface area (Å²) in [6, 6.07) is 22.2. The van der Waals surface area contributed by atoms with Crippen molar-refractivity contribution in [1.29, 1.82) is 0 Å². The summed E-state index contributed by atoms with van der Waals surface area (Å²) in [5.41, 5.74) is 9.75. The number of hydrogen-bond donors (Lipinski definition) is 1. The third-order valence-corrected chi connectivity index (χ3v) is 5.88. The molecule has 1 amide bonds. The highest BCUT2D eigenvalue weighted by Crippen LogP contribution is 2.21. The van der Waals surface area contributed by atoms with Gasteiger partial charge in [-0.25, -0.2) is 5.43 Å². The van der Waals surface area contributed by atoms with Gasteiger partial charge in [-0.05, 0) is 74.7 Å². The second kappa shape index (κ2) is 10.2. The number of nitrogens with one attached hydrogen (secondary N) is 1. The van der Waals surface area contributed by atoms with Gasteiger partial charge in [-0.1, -0.05) is 37.6 Å². The van der Waals surface area contributed by atoms with Crippen molar-refractivity contribution < 1.29 is 4.79 Å². The molecule has 4 rings (SSSR count). The molecule has 2 aromatic heterocycles. The number of carbonyl (C=O) groups excluding carboxylic acids is 1. The number of benzene rings is 2. The number of aryl methyl sites for hydroxylation is 2. The van der Waals surface area contributed by atoms with Crippen LogP contribution in [0.4, 0.5) is 0 Å². The van der Waals surface area contributed by atoms with Crippen LogP contribution in [-0.2, 0) is 6.42 Å². The number of unbranched alkanes of at least 4 members (excludes halogenated alkanes) is 1. The molecule has 5 nitrogen and oxygen atoms in total. The molecule has 4 aromatic rings. The number of para-hydroxylation sites is 1. The second-order valence-electron chi connectivity index (χ2n) is 8.24. The largest absolute Gasteiger partial charge is 0.323 e. The average Bonchev–Trinajstić information content (AvgIpc) is 3.46. The van der Waals surface area contributed by atoms with Gasteiger partial charge in [0.05, 0.1) is 17.5 Å². The van der Waals surface area contributed by atoms with Crippen LogP contribution in [0.5, 0.6) is 0 Å².